The molecule has 2 fully saturated rings. The predicted molar refractivity (Wildman–Crippen MR) is 107 cm³/mol. The number of rotatable bonds is 7. The van der Waals surface area contributed by atoms with E-state index in [0.717, 1.165) is 24.2 Å². The lowest BCUT2D eigenvalue weighted by Crippen LogP contribution is -2.37. The van der Waals surface area contributed by atoms with E-state index in [1.165, 1.54) is 5.56 Å². The summed E-state index contributed by atoms with van der Waals surface area (Å²) in [5, 5.41) is 2.67. The van der Waals surface area contributed by atoms with Gasteiger partial charge in [0.1, 0.15) is 6.54 Å². The number of hydrogen-bond donors (Lipinski definition) is 1. The van der Waals surface area contributed by atoms with Gasteiger partial charge in [-0.1, -0.05) is 38.8 Å². The number of carbonyl (C=O) groups excluding carboxylic acids is 4. The molecule has 7 heteroatoms. The van der Waals surface area contributed by atoms with E-state index in [1.54, 1.807) is 0 Å². The van der Waals surface area contributed by atoms with Crippen LogP contribution in [0, 0.1) is 11.8 Å². The topological polar surface area (TPSA) is 92.8 Å². The summed E-state index contributed by atoms with van der Waals surface area (Å²) in [5.74, 6) is -1.96. The number of nitrogens with one attached hydrogen (secondary N) is 1. The minimum atomic E-state index is -0.757. The van der Waals surface area contributed by atoms with Crippen LogP contribution in [0.3, 0.4) is 0 Å². The van der Waals surface area contributed by atoms with Gasteiger partial charge < -0.3 is 10.1 Å². The molecule has 3 amide bonds. The molecule has 1 aromatic rings. The second kappa shape index (κ2) is 9.20. The number of amides is 3. The van der Waals surface area contributed by atoms with Crippen molar-refractivity contribution in [3.05, 3.63) is 29.8 Å². The minimum absolute atomic E-state index is 0.289. The van der Waals surface area contributed by atoms with Crippen LogP contribution in [0.1, 0.15) is 57.4 Å². The molecule has 0 spiro atoms. The number of fused-ring (bicyclic) bond motifs is 1. The number of likely N-dealkylation sites (tertiary alicyclic amines) is 1. The van der Waals surface area contributed by atoms with Crippen molar-refractivity contribution in [1.82, 2.24) is 4.90 Å². The van der Waals surface area contributed by atoms with E-state index in [9.17, 15) is 19.2 Å². The SMILES string of the molecule is CC[C@H](C)c1ccc(NC(=O)COC(=O)CN2C(=O)[C@H]3CCCC[C@H]3C2=O)cc1. The molecule has 3 atom stereocenters. The van der Waals surface area contributed by atoms with E-state index in [4.69, 9.17) is 4.74 Å². The van der Waals surface area contributed by atoms with Gasteiger partial charge in [0.2, 0.25) is 11.8 Å². The lowest BCUT2D eigenvalue weighted by atomic mass is 9.81. The Hall–Kier alpha value is -2.70. The van der Waals surface area contributed by atoms with E-state index in [1.807, 2.05) is 24.3 Å². The second-order valence-electron chi connectivity index (χ2n) is 7.90. The molecule has 1 aromatic carbocycles. The first-order valence-corrected chi connectivity index (χ1v) is 10.3. The number of hydrogen-bond acceptors (Lipinski definition) is 5. The van der Waals surface area contributed by atoms with Gasteiger partial charge in [0.05, 0.1) is 11.8 Å². The molecular weight excluding hydrogens is 372 g/mol. The average molecular weight is 400 g/mol. The van der Waals surface area contributed by atoms with Crippen LogP contribution in [0.2, 0.25) is 0 Å². The first kappa shape index (κ1) is 21.0. The van der Waals surface area contributed by atoms with Crippen LogP contribution in [0.15, 0.2) is 24.3 Å². The van der Waals surface area contributed by atoms with Gasteiger partial charge >= 0.3 is 5.97 Å². The van der Waals surface area contributed by atoms with Crippen molar-refractivity contribution in [3.63, 3.8) is 0 Å². The Balaban J connectivity index is 1.46. The number of nitrogens with zero attached hydrogens (tertiary/aromatic N) is 1. The van der Waals surface area contributed by atoms with E-state index in [2.05, 4.69) is 19.2 Å². The maximum absolute atomic E-state index is 12.4. The van der Waals surface area contributed by atoms with Gasteiger partial charge in [0, 0.05) is 5.69 Å². The first-order valence-electron chi connectivity index (χ1n) is 10.3. The van der Waals surface area contributed by atoms with Gasteiger partial charge in [0.15, 0.2) is 6.61 Å². The summed E-state index contributed by atoms with van der Waals surface area (Å²) in [5.41, 5.74) is 1.81. The summed E-state index contributed by atoms with van der Waals surface area (Å²) in [4.78, 5) is 49.8. The van der Waals surface area contributed by atoms with Gasteiger partial charge in [-0.05, 0) is 42.9 Å². The monoisotopic (exact) mass is 400 g/mol. The van der Waals surface area contributed by atoms with Crippen molar-refractivity contribution in [2.24, 2.45) is 11.8 Å². The van der Waals surface area contributed by atoms with Gasteiger partial charge in [0.25, 0.3) is 5.91 Å². The molecule has 7 nitrogen and oxygen atoms in total. The van der Waals surface area contributed by atoms with Crippen LogP contribution >= 0.6 is 0 Å². The van der Waals surface area contributed by atoms with E-state index < -0.39 is 25.0 Å². The van der Waals surface area contributed by atoms with E-state index >= 15 is 0 Å². The fourth-order valence-electron chi connectivity index (χ4n) is 4.04. The Kier molecular flexibility index (Phi) is 6.67. The molecular formula is C22H28N2O5. The number of imide groups is 1. The van der Waals surface area contributed by atoms with Crippen LogP contribution in [-0.2, 0) is 23.9 Å². The third kappa shape index (κ3) is 4.83. The highest BCUT2D eigenvalue weighted by Crippen LogP contribution is 2.37. The molecule has 0 unspecified atom stereocenters. The zero-order valence-electron chi connectivity index (χ0n) is 17.0. The zero-order valence-corrected chi connectivity index (χ0v) is 17.0. The van der Waals surface area contributed by atoms with Crippen molar-refractivity contribution < 1.29 is 23.9 Å². The molecule has 29 heavy (non-hydrogen) atoms. The van der Waals surface area contributed by atoms with E-state index in [-0.39, 0.29) is 23.7 Å². The highest BCUT2D eigenvalue weighted by atomic mass is 16.5. The van der Waals surface area contributed by atoms with Crippen LogP contribution in [0.5, 0.6) is 0 Å². The average Bonchev–Trinajstić information content (AvgIpc) is 2.97. The molecule has 156 valence electrons. The molecule has 0 bridgehead atoms. The van der Waals surface area contributed by atoms with Gasteiger partial charge in [-0.3, -0.25) is 24.1 Å². The summed E-state index contributed by atoms with van der Waals surface area (Å²) < 4.78 is 4.97. The minimum Gasteiger partial charge on any atom is -0.454 e. The number of anilines is 1. The summed E-state index contributed by atoms with van der Waals surface area (Å²) in [6, 6.07) is 7.54. The van der Waals surface area contributed by atoms with Gasteiger partial charge in [-0.25, -0.2) is 0 Å². The number of benzene rings is 1. The normalized spacial score (nSPS) is 22.2. The van der Waals surface area contributed by atoms with Crippen molar-refractivity contribution in [1.29, 1.82) is 0 Å². The van der Waals surface area contributed by atoms with Crippen LogP contribution in [0.4, 0.5) is 5.69 Å². The fourth-order valence-corrected chi connectivity index (χ4v) is 4.04. The maximum atomic E-state index is 12.4. The lowest BCUT2D eigenvalue weighted by molar-refractivity contribution is -0.154. The van der Waals surface area contributed by atoms with Crippen molar-refractivity contribution in [2.75, 3.05) is 18.5 Å². The van der Waals surface area contributed by atoms with E-state index in [0.29, 0.717) is 24.4 Å². The Bertz CT molecular complexity index is 765. The molecule has 1 aliphatic carbocycles. The second-order valence-corrected chi connectivity index (χ2v) is 7.90. The number of esters is 1. The predicted octanol–water partition coefficient (Wildman–Crippen LogP) is 2.86. The van der Waals surface area contributed by atoms with Crippen molar-refractivity contribution in [2.45, 2.75) is 51.9 Å². The van der Waals surface area contributed by atoms with Crippen molar-refractivity contribution >= 4 is 29.4 Å². The maximum Gasteiger partial charge on any atom is 0.326 e. The standard InChI is InChI=1S/C22H28N2O5/c1-3-14(2)15-8-10-16(11-9-15)23-19(25)13-29-20(26)12-24-21(27)17-6-4-5-7-18(17)22(24)28/h8-11,14,17-18H,3-7,12-13H2,1-2H3,(H,23,25)/t14-,17-,18+/m0/s1. The fraction of sp³-hybridized carbons (Fsp3) is 0.545. The third-order valence-electron chi connectivity index (χ3n) is 5.96. The summed E-state index contributed by atoms with van der Waals surface area (Å²) >= 11 is 0. The molecule has 1 saturated carbocycles. The Morgan fingerprint density at radius 2 is 1.69 bits per heavy atom. The summed E-state index contributed by atoms with van der Waals surface area (Å²) in [6.07, 6.45) is 4.27. The quantitative estimate of drug-likeness (QED) is 0.561. The molecule has 0 aromatic heterocycles. The largest absolute Gasteiger partial charge is 0.454 e. The van der Waals surface area contributed by atoms with Crippen LogP contribution in [-0.4, -0.2) is 41.7 Å². The third-order valence-corrected chi connectivity index (χ3v) is 5.96. The number of ether oxygens (including phenoxy) is 1. The van der Waals surface area contributed by atoms with Crippen LogP contribution < -0.4 is 5.32 Å². The molecule has 1 aliphatic heterocycles. The van der Waals surface area contributed by atoms with Gasteiger partial charge in [-0.15, -0.1) is 0 Å². The molecule has 3 rings (SSSR count). The van der Waals surface area contributed by atoms with Crippen LogP contribution in [0.25, 0.3) is 0 Å². The number of carbonyl (C=O) groups is 4. The molecule has 2 aliphatic rings. The summed E-state index contributed by atoms with van der Waals surface area (Å²) in [7, 11) is 0. The highest BCUT2D eigenvalue weighted by Gasteiger charge is 2.48. The molecule has 1 heterocycles. The van der Waals surface area contributed by atoms with Crippen molar-refractivity contribution in [3.8, 4) is 0 Å². The zero-order chi connectivity index (χ0) is 21.0. The highest BCUT2D eigenvalue weighted by molar-refractivity contribution is 6.07. The summed E-state index contributed by atoms with van der Waals surface area (Å²) in [6.45, 7) is 3.36. The Morgan fingerprint density at radius 3 is 2.24 bits per heavy atom. The molecule has 0 radical (unpaired) electrons. The van der Waals surface area contributed by atoms with Gasteiger partial charge in [-0.2, -0.15) is 0 Å². The first-order chi connectivity index (χ1) is 13.9. The Morgan fingerprint density at radius 1 is 1.10 bits per heavy atom. The smallest absolute Gasteiger partial charge is 0.326 e. The lowest BCUT2D eigenvalue weighted by Gasteiger charge is -2.19. The molecule has 1 saturated heterocycles. The Labute approximate surface area is 170 Å². The molecule has 1 N–H and O–H groups in total.